The summed E-state index contributed by atoms with van der Waals surface area (Å²) in [6.07, 6.45) is 8.38. The molecule has 1 aliphatic carbocycles. The van der Waals surface area contributed by atoms with Crippen LogP contribution in [0.5, 0.6) is 0 Å². The van der Waals surface area contributed by atoms with Crippen LogP contribution in [0.4, 0.5) is 11.4 Å². The lowest BCUT2D eigenvalue weighted by Crippen LogP contribution is -2.29. The van der Waals surface area contributed by atoms with E-state index in [-0.39, 0.29) is 6.04 Å². The maximum atomic E-state index is 3.55. The SMILES string of the molecule is CCC(C)c1cccc(N2c3ccccc3C3C=C(c4ccc5[nH]c6ccccc6c5c4)C=CC32)c1. The predicted molar refractivity (Wildman–Crippen MR) is 153 cm³/mol. The second-order valence-electron chi connectivity index (χ2n) is 10.3. The Morgan fingerprint density at radius 1 is 0.833 bits per heavy atom. The number of hydrogen-bond acceptors (Lipinski definition) is 1. The number of anilines is 2. The molecule has 5 aromatic rings. The Hall–Kier alpha value is -4.04. The number of para-hydroxylation sites is 2. The van der Waals surface area contributed by atoms with E-state index in [9.17, 15) is 0 Å². The van der Waals surface area contributed by atoms with Gasteiger partial charge in [-0.3, -0.25) is 0 Å². The van der Waals surface area contributed by atoms with Crippen LogP contribution < -0.4 is 4.90 Å². The molecule has 0 bridgehead atoms. The summed E-state index contributed by atoms with van der Waals surface area (Å²) in [4.78, 5) is 6.09. The quantitative estimate of drug-likeness (QED) is 0.280. The van der Waals surface area contributed by atoms with Gasteiger partial charge in [-0.2, -0.15) is 0 Å². The van der Waals surface area contributed by atoms with Gasteiger partial charge in [0.1, 0.15) is 0 Å². The molecule has 0 amide bonds. The molecular formula is C34H30N2. The van der Waals surface area contributed by atoms with Crippen molar-refractivity contribution in [3.63, 3.8) is 0 Å². The van der Waals surface area contributed by atoms with Gasteiger partial charge in [-0.1, -0.05) is 86.7 Å². The third-order valence-electron chi connectivity index (χ3n) is 8.22. The molecule has 4 aromatic carbocycles. The molecule has 2 nitrogen and oxygen atoms in total. The van der Waals surface area contributed by atoms with Crippen molar-refractivity contribution in [1.29, 1.82) is 0 Å². The molecule has 0 spiro atoms. The molecule has 176 valence electrons. The van der Waals surface area contributed by atoms with Crippen LogP contribution >= 0.6 is 0 Å². The number of nitrogens with zero attached hydrogens (tertiary/aromatic N) is 1. The van der Waals surface area contributed by atoms with Gasteiger partial charge in [-0.15, -0.1) is 0 Å². The van der Waals surface area contributed by atoms with Crippen molar-refractivity contribution >= 4 is 38.8 Å². The summed E-state index contributed by atoms with van der Waals surface area (Å²) < 4.78 is 0. The Balaban J connectivity index is 1.31. The molecule has 2 heteroatoms. The lowest BCUT2D eigenvalue weighted by molar-refractivity contribution is 0.727. The average molecular weight is 467 g/mol. The largest absolute Gasteiger partial charge is 0.355 e. The minimum Gasteiger partial charge on any atom is -0.355 e. The van der Waals surface area contributed by atoms with Crippen molar-refractivity contribution in [2.24, 2.45) is 0 Å². The minimum atomic E-state index is 0.287. The molecule has 0 saturated carbocycles. The number of aromatic amines is 1. The standard InChI is InChI=1S/C34H30N2/c1-3-22(2)23-9-8-10-26(19-23)36-33-14-7-5-12-28(33)30-21-25(16-18-34(30)36)24-15-17-32-29(20-24)27-11-4-6-13-31(27)35-32/h4-22,30,34-35H,3H2,1-2H3. The van der Waals surface area contributed by atoms with Gasteiger partial charge in [0, 0.05) is 39.1 Å². The molecule has 1 aromatic heterocycles. The van der Waals surface area contributed by atoms with Gasteiger partial charge >= 0.3 is 0 Å². The average Bonchev–Trinajstić information content (AvgIpc) is 3.47. The summed E-state index contributed by atoms with van der Waals surface area (Å²) in [5.41, 5.74) is 10.4. The minimum absolute atomic E-state index is 0.287. The predicted octanol–water partition coefficient (Wildman–Crippen LogP) is 9.09. The van der Waals surface area contributed by atoms with Gasteiger partial charge in [-0.05, 0) is 71.0 Å². The third kappa shape index (κ3) is 3.25. The van der Waals surface area contributed by atoms with E-state index in [2.05, 4.69) is 133 Å². The molecule has 0 radical (unpaired) electrons. The fraction of sp³-hybridized carbons (Fsp3) is 0.176. The van der Waals surface area contributed by atoms with Crippen molar-refractivity contribution in [3.05, 3.63) is 126 Å². The number of hydrogen-bond donors (Lipinski definition) is 1. The zero-order valence-electron chi connectivity index (χ0n) is 20.8. The molecule has 1 N–H and O–H groups in total. The summed E-state index contributed by atoms with van der Waals surface area (Å²) in [5.74, 6) is 0.888. The highest BCUT2D eigenvalue weighted by Crippen LogP contribution is 2.49. The fourth-order valence-corrected chi connectivity index (χ4v) is 6.09. The first-order chi connectivity index (χ1) is 17.7. The van der Waals surface area contributed by atoms with Crippen molar-refractivity contribution < 1.29 is 0 Å². The fourth-order valence-electron chi connectivity index (χ4n) is 6.09. The summed E-state index contributed by atoms with van der Waals surface area (Å²) in [7, 11) is 0. The highest BCUT2D eigenvalue weighted by molar-refractivity contribution is 6.08. The van der Waals surface area contributed by atoms with Crippen LogP contribution in [0.2, 0.25) is 0 Å². The third-order valence-corrected chi connectivity index (χ3v) is 8.22. The lowest BCUT2D eigenvalue weighted by Gasteiger charge is -2.30. The van der Waals surface area contributed by atoms with E-state index in [0.717, 1.165) is 6.42 Å². The van der Waals surface area contributed by atoms with E-state index < -0.39 is 0 Å². The smallest absolute Gasteiger partial charge is 0.0630 e. The van der Waals surface area contributed by atoms with Gasteiger partial charge in [-0.25, -0.2) is 0 Å². The molecule has 2 heterocycles. The number of nitrogens with one attached hydrogen (secondary N) is 1. The first kappa shape index (κ1) is 21.3. The van der Waals surface area contributed by atoms with E-state index in [0.29, 0.717) is 11.8 Å². The van der Waals surface area contributed by atoms with Gasteiger partial charge in [0.05, 0.1) is 6.04 Å². The summed E-state index contributed by atoms with van der Waals surface area (Å²) in [5, 5.41) is 2.57. The molecule has 2 aliphatic rings. The number of benzene rings is 4. The van der Waals surface area contributed by atoms with Crippen LogP contribution in [0.3, 0.4) is 0 Å². The zero-order valence-corrected chi connectivity index (χ0v) is 20.8. The Labute approximate surface area is 212 Å². The lowest BCUT2D eigenvalue weighted by atomic mass is 9.86. The molecule has 0 fully saturated rings. The van der Waals surface area contributed by atoms with Crippen LogP contribution in [0.15, 0.2) is 109 Å². The van der Waals surface area contributed by atoms with E-state index in [1.165, 1.54) is 55.4 Å². The number of allylic oxidation sites excluding steroid dienone is 2. The number of rotatable bonds is 4. The van der Waals surface area contributed by atoms with Gasteiger partial charge in [0.15, 0.2) is 0 Å². The Kier molecular flexibility index (Phi) is 4.89. The number of aromatic nitrogens is 1. The van der Waals surface area contributed by atoms with Crippen molar-refractivity contribution in [2.45, 2.75) is 38.1 Å². The first-order valence-corrected chi connectivity index (χ1v) is 13.1. The van der Waals surface area contributed by atoms with Crippen molar-refractivity contribution in [2.75, 3.05) is 4.90 Å². The van der Waals surface area contributed by atoms with Gasteiger partial charge < -0.3 is 9.88 Å². The number of H-pyrrole nitrogens is 1. The Morgan fingerprint density at radius 3 is 2.58 bits per heavy atom. The highest BCUT2D eigenvalue weighted by atomic mass is 15.2. The Bertz CT molecular complexity index is 1670. The summed E-state index contributed by atoms with van der Waals surface area (Å²) in [6.45, 7) is 4.59. The number of fused-ring (bicyclic) bond motifs is 6. The normalized spacial score (nSPS) is 19.4. The Morgan fingerprint density at radius 2 is 1.67 bits per heavy atom. The molecule has 36 heavy (non-hydrogen) atoms. The second kappa shape index (κ2) is 8.27. The van der Waals surface area contributed by atoms with Gasteiger partial charge in [0.25, 0.3) is 0 Å². The van der Waals surface area contributed by atoms with Crippen molar-refractivity contribution in [3.8, 4) is 0 Å². The first-order valence-electron chi connectivity index (χ1n) is 13.1. The van der Waals surface area contributed by atoms with Crippen LogP contribution in [-0.4, -0.2) is 11.0 Å². The van der Waals surface area contributed by atoms with Gasteiger partial charge in [0.2, 0.25) is 0 Å². The van der Waals surface area contributed by atoms with E-state index in [1.54, 1.807) is 0 Å². The maximum Gasteiger partial charge on any atom is 0.0630 e. The maximum absolute atomic E-state index is 3.55. The molecule has 3 unspecified atom stereocenters. The molecule has 3 atom stereocenters. The van der Waals surface area contributed by atoms with Crippen LogP contribution in [0.1, 0.15) is 48.8 Å². The highest BCUT2D eigenvalue weighted by Gasteiger charge is 2.38. The zero-order chi connectivity index (χ0) is 24.2. The summed E-state index contributed by atoms with van der Waals surface area (Å²) in [6, 6.07) is 33.8. The van der Waals surface area contributed by atoms with Crippen LogP contribution in [-0.2, 0) is 0 Å². The molecule has 1 aliphatic heterocycles. The van der Waals surface area contributed by atoms with Crippen molar-refractivity contribution in [1.82, 2.24) is 4.98 Å². The molecule has 0 saturated heterocycles. The molecular weight excluding hydrogens is 436 g/mol. The molecule has 7 rings (SSSR count). The topological polar surface area (TPSA) is 19.0 Å². The van der Waals surface area contributed by atoms with Crippen LogP contribution in [0, 0.1) is 0 Å². The monoisotopic (exact) mass is 466 g/mol. The second-order valence-corrected chi connectivity index (χ2v) is 10.3. The van der Waals surface area contributed by atoms with Crippen LogP contribution in [0.25, 0.3) is 27.4 Å². The van der Waals surface area contributed by atoms with E-state index in [4.69, 9.17) is 0 Å². The summed E-state index contributed by atoms with van der Waals surface area (Å²) >= 11 is 0. The van der Waals surface area contributed by atoms with E-state index >= 15 is 0 Å². The van der Waals surface area contributed by atoms with E-state index in [1.807, 2.05) is 0 Å².